The molecule has 0 saturated heterocycles. The van der Waals surface area contributed by atoms with Crippen LogP contribution in [0.1, 0.15) is 37.5 Å². The monoisotopic (exact) mass is 292 g/mol. The molecule has 2 N–H and O–H groups in total. The van der Waals surface area contributed by atoms with Gasteiger partial charge in [0.05, 0.1) is 6.54 Å². The van der Waals surface area contributed by atoms with Crippen LogP contribution in [0.2, 0.25) is 5.02 Å². The Hall–Kier alpha value is -1.25. The average Bonchev–Trinajstić information content (AvgIpc) is 2.90. The second-order valence-electron chi connectivity index (χ2n) is 5.17. The molecule has 1 heterocycles. The number of rotatable bonds is 7. The first-order chi connectivity index (χ1) is 9.72. The number of halogens is 1. The smallest absolute Gasteiger partial charge is 0.158 e. The SMILES string of the molecule is CCCCC[NH2+]Cc1ccc(-c2cccc(Cl)c2C)o1. The molecule has 0 atom stereocenters. The number of hydrogen-bond donors (Lipinski definition) is 1. The van der Waals surface area contributed by atoms with Gasteiger partial charge in [-0.2, -0.15) is 0 Å². The summed E-state index contributed by atoms with van der Waals surface area (Å²) >= 11 is 6.15. The highest BCUT2D eigenvalue weighted by atomic mass is 35.5. The molecule has 1 aromatic carbocycles. The largest absolute Gasteiger partial charge is 0.455 e. The zero-order valence-electron chi connectivity index (χ0n) is 12.3. The van der Waals surface area contributed by atoms with E-state index in [9.17, 15) is 0 Å². The van der Waals surface area contributed by atoms with Crippen LogP contribution in [-0.4, -0.2) is 6.54 Å². The van der Waals surface area contributed by atoms with E-state index in [2.05, 4.69) is 24.4 Å². The molecular weight excluding hydrogens is 270 g/mol. The van der Waals surface area contributed by atoms with Crippen LogP contribution in [0.3, 0.4) is 0 Å². The van der Waals surface area contributed by atoms with Crippen molar-refractivity contribution in [2.24, 2.45) is 0 Å². The van der Waals surface area contributed by atoms with Crippen molar-refractivity contribution in [2.45, 2.75) is 39.7 Å². The second kappa shape index (κ2) is 7.51. The predicted molar refractivity (Wildman–Crippen MR) is 83.9 cm³/mol. The Labute approximate surface area is 126 Å². The number of benzene rings is 1. The van der Waals surface area contributed by atoms with Gasteiger partial charge in [-0.15, -0.1) is 0 Å². The van der Waals surface area contributed by atoms with Crippen molar-refractivity contribution in [1.29, 1.82) is 0 Å². The molecule has 3 heteroatoms. The van der Waals surface area contributed by atoms with Crippen molar-refractivity contribution < 1.29 is 9.73 Å². The van der Waals surface area contributed by atoms with Crippen LogP contribution in [0.15, 0.2) is 34.7 Å². The lowest BCUT2D eigenvalue weighted by molar-refractivity contribution is -0.672. The van der Waals surface area contributed by atoms with E-state index in [4.69, 9.17) is 16.0 Å². The Balaban J connectivity index is 1.97. The molecule has 0 radical (unpaired) electrons. The summed E-state index contributed by atoms with van der Waals surface area (Å²) in [6, 6.07) is 10.0. The molecule has 0 aliphatic carbocycles. The van der Waals surface area contributed by atoms with E-state index in [1.807, 2.05) is 25.1 Å². The van der Waals surface area contributed by atoms with E-state index >= 15 is 0 Å². The fourth-order valence-corrected chi connectivity index (χ4v) is 2.46. The van der Waals surface area contributed by atoms with Crippen LogP contribution >= 0.6 is 11.6 Å². The third kappa shape index (κ3) is 3.87. The predicted octanol–water partition coefficient (Wildman–Crippen LogP) is 4.16. The standard InChI is InChI=1S/C17H22ClNO/c1-3-4-5-11-19-12-14-9-10-17(20-14)15-7-6-8-16(18)13(15)2/h6-10,19H,3-5,11-12H2,1-2H3/p+1. The first-order valence-corrected chi connectivity index (χ1v) is 7.76. The maximum atomic E-state index is 6.15. The highest BCUT2D eigenvalue weighted by Crippen LogP contribution is 2.29. The molecule has 0 aliphatic heterocycles. The second-order valence-corrected chi connectivity index (χ2v) is 5.57. The van der Waals surface area contributed by atoms with Gasteiger partial charge in [0.1, 0.15) is 12.3 Å². The van der Waals surface area contributed by atoms with Crippen molar-refractivity contribution in [1.82, 2.24) is 0 Å². The van der Waals surface area contributed by atoms with Crippen LogP contribution < -0.4 is 5.32 Å². The van der Waals surface area contributed by atoms with Gasteiger partial charge in [0.25, 0.3) is 0 Å². The summed E-state index contributed by atoms with van der Waals surface area (Å²) in [4.78, 5) is 0. The third-order valence-electron chi connectivity index (χ3n) is 3.55. The van der Waals surface area contributed by atoms with Crippen molar-refractivity contribution >= 4 is 11.6 Å². The lowest BCUT2D eigenvalue weighted by atomic mass is 10.1. The van der Waals surface area contributed by atoms with Gasteiger partial charge < -0.3 is 9.73 Å². The molecule has 20 heavy (non-hydrogen) atoms. The summed E-state index contributed by atoms with van der Waals surface area (Å²) in [6.45, 7) is 6.33. The molecule has 0 aliphatic rings. The maximum absolute atomic E-state index is 6.15. The van der Waals surface area contributed by atoms with Gasteiger partial charge in [-0.1, -0.05) is 37.1 Å². The van der Waals surface area contributed by atoms with Crippen LogP contribution in [0.5, 0.6) is 0 Å². The highest BCUT2D eigenvalue weighted by molar-refractivity contribution is 6.31. The summed E-state index contributed by atoms with van der Waals surface area (Å²) in [5, 5.41) is 3.09. The Morgan fingerprint density at radius 2 is 2.00 bits per heavy atom. The normalized spacial score (nSPS) is 10.9. The number of hydrogen-bond acceptors (Lipinski definition) is 1. The van der Waals surface area contributed by atoms with E-state index in [1.54, 1.807) is 0 Å². The summed E-state index contributed by atoms with van der Waals surface area (Å²) < 4.78 is 5.92. The fourth-order valence-electron chi connectivity index (χ4n) is 2.29. The van der Waals surface area contributed by atoms with E-state index in [0.29, 0.717) is 0 Å². The quantitative estimate of drug-likeness (QED) is 0.763. The Bertz CT molecular complexity index is 548. The van der Waals surface area contributed by atoms with E-state index in [0.717, 1.165) is 34.2 Å². The molecular formula is C17H23ClNO+. The first-order valence-electron chi connectivity index (χ1n) is 7.38. The lowest BCUT2D eigenvalue weighted by Crippen LogP contribution is -2.82. The molecule has 2 aromatic rings. The number of furan rings is 1. The number of unbranched alkanes of at least 4 members (excludes halogenated alkanes) is 2. The summed E-state index contributed by atoms with van der Waals surface area (Å²) in [5.41, 5.74) is 2.15. The van der Waals surface area contributed by atoms with Gasteiger partial charge >= 0.3 is 0 Å². The highest BCUT2D eigenvalue weighted by Gasteiger charge is 2.09. The maximum Gasteiger partial charge on any atom is 0.158 e. The van der Waals surface area contributed by atoms with Gasteiger partial charge in [0.2, 0.25) is 0 Å². The Morgan fingerprint density at radius 3 is 2.80 bits per heavy atom. The van der Waals surface area contributed by atoms with E-state index in [-0.39, 0.29) is 0 Å². The van der Waals surface area contributed by atoms with Crippen LogP contribution in [0.25, 0.3) is 11.3 Å². The summed E-state index contributed by atoms with van der Waals surface area (Å²) in [6.07, 6.45) is 3.85. The van der Waals surface area contributed by atoms with Crippen molar-refractivity contribution in [3.63, 3.8) is 0 Å². The zero-order chi connectivity index (χ0) is 14.4. The van der Waals surface area contributed by atoms with Gasteiger partial charge in [-0.3, -0.25) is 0 Å². The molecule has 1 aromatic heterocycles. The minimum atomic E-state index is 0.784. The lowest BCUT2D eigenvalue weighted by Gasteiger charge is -2.04. The van der Waals surface area contributed by atoms with Gasteiger partial charge in [0, 0.05) is 10.6 Å². The topological polar surface area (TPSA) is 29.8 Å². The molecule has 0 saturated carbocycles. The molecule has 0 fully saturated rings. The fraction of sp³-hybridized carbons (Fsp3) is 0.412. The average molecular weight is 293 g/mol. The van der Waals surface area contributed by atoms with Crippen LogP contribution in [0, 0.1) is 6.92 Å². The van der Waals surface area contributed by atoms with E-state index < -0.39 is 0 Å². The Kier molecular flexibility index (Phi) is 5.69. The molecule has 2 nitrogen and oxygen atoms in total. The number of quaternary nitrogens is 1. The minimum absolute atomic E-state index is 0.784. The Morgan fingerprint density at radius 1 is 1.15 bits per heavy atom. The van der Waals surface area contributed by atoms with Crippen LogP contribution in [-0.2, 0) is 6.54 Å². The number of nitrogens with two attached hydrogens (primary N) is 1. The van der Waals surface area contributed by atoms with Gasteiger partial charge in [-0.25, -0.2) is 0 Å². The molecule has 108 valence electrons. The molecule has 0 amide bonds. The minimum Gasteiger partial charge on any atom is -0.455 e. The first kappa shape index (κ1) is 15.1. The van der Waals surface area contributed by atoms with Crippen molar-refractivity contribution in [3.05, 3.63) is 46.7 Å². The molecule has 2 rings (SSSR count). The third-order valence-corrected chi connectivity index (χ3v) is 3.96. The molecule has 0 unspecified atom stereocenters. The van der Waals surface area contributed by atoms with E-state index in [1.165, 1.54) is 25.8 Å². The summed E-state index contributed by atoms with van der Waals surface area (Å²) in [7, 11) is 0. The van der Waals surface area contributed by atoms with Crippen molar-refractivity contribution in [3.8, 4) is 11.3 Å². The zero-order valence-corrected chi connectivity index (χ0v) is 13.0. The molecule has 0 spiro atoms. The van der Waals surface area contributed by atoms with Crippen molar-refractivity contribution in [2.75, 3.05) is 6.54 Å². The summed E-state index contributed by atoms with van der Waals surface area (Å²) in [5.74, 6) is 1.93. The molecule has 0 bridgehead atoms. The van der Waals surface area contributed by atoms with Gasteiger partial charge in [-0.05, 0) is 43.5 Å². The van der Waals surface area contributed by atoms with Crippen LogP contribution in [0.4, 0.5) is 0 Å². The van der Waals surface area contributed by atoms with Gasteiger partial charge in [0.15, 0.2) is 5.76 Å².